The Morgan fingerprint density at radius 2 is 1.65 bits per heavy atom. The number of piperidine rings is 1. The molecule has 0 atom stereocenters. The van der Waals surface area contributed by atoms with Crippen LogP contribution in [0, 0.1) is 5.92 Å². The van der Waals surface area contributed by atoms with E-state index in [0.717, 1.165) is 45.3 Å². The molecule has 0 N–H and O–H groups in total. The average Bonchev–Trinajstić information content (AvgIpc) is 2.77. The molecule has 0 spiro atoms. The Morgan fingerprint density at radius 3 is 2.26 bits per heavy atom. The van der Waals surface area contributed by atoms with E-state index in [1.807, 2.05) is 11.8 Å². The minimum absolute atomic E-state index is 0.340. The molecule has 2 aliphatic heterocycles. The van der Waals surface area contributed by atoms with Crippen LogP contribution >= 0.6 is 11.8 Å². The van der Waals surface area contributed by atoms with Crippen LogP contribution in [-0.4, -0.2) is 36.5 Å². The number of benzene rings is 2. The van der Waals surface area contributed by atoms with Gasteiger partial charge in [0.1, 0.15) is 0 Å². The smallest absolute Gasteiger partial charge is 0.313 e. The van der Waals surface area contributed by atoms with E-state index in [-0.39, 0.29) is 0 Å². The second kappa shape index (κ2) is 10.3. The molecule has 0 saturated carbocycles. The lowest BCUT2D eigenvalue weighted by Gasteiger charge is -2.31. The molecule has 2 heterocycles. The first-order valence-corrected chi connectivity index (χ1v) is 11.9. The zero-order valence-electron chi connectivity index (χ0n) is 18.0. The van der Waals surface area contributed by atoms with Crippen molar-refractivity contribution in [1.29, 1.82) is 0 Å². The highest BCUT2D eigenvalue weighted by molar-refractivity contribution is 7.99. The molecule has 2 aliphatic rings. The molecule has 0 amide bonds. The summed E-state index contributed by atoms with van der Waals surface area (Å²) in [7, 11) is 0. The molecule has 0 aliphatic carbocycles. The Labute approximate surface area is 188 Å². The van der Waals surface area contributed by atoms with Crippen LogP contribution in [0.4, 0.5) is 0 Å². The number of carbonyl (C=O) groups excluding carboxylic acids is 2. The van der Waals surface area contributed by atoms with Gasteiger partial charge in [-0.3, -0.25) is 9.59 Å². The number of rotatable bonds is 6. The van der Waals surface area contributed by atoms with E-state index in [0.29, 0.717) is 12.3 Å². The van der Waals surface area contributed by atoms with E-state index >= 15 is 0 Å². The van der Waals surface area contributed by atoms with Gasteiger partial charge in [0.2, 0.25) is 0 Å². The van der Waals surface area contributed by atoms with Crippen LogP contribution in [0.5, 0.6) is 0 Å². The maximum absolute atomic E-state index is 11.6. The number of esters is 2. The number of ether oxygens (including phenoxy) is 1. The summed E-state index contributed by atoms with van der Waals surface area (Å²) in [5, 5.41) is 0. The lowest BCUT2D eigenvalue weighted by atomic mass is 9.92. The molecule has 2 aromatic rings. The summed E-state index contributed by atoms with van der Waals surface area (Å²) in [6.45, 7) is 4.46. The monoisotopic (exact) mass is 435 g/mol. The average molecular weight is 436 g/mol. The van der Waals surface area contributed by atoms with Crippen LogP contribution in [0.25, 0.3) is 5.57 Å². The summed E-state index contributed by atoms with van der Waals surface area (Å²) in [6, 6.07) is 17.3. The van der Waals surface area contributed by atoms with Gasteiger partial charge in [0.25, 0.3) is 0 Å². The van der Waals surface area contributed by atoms with Crippen molar-refractivity contribution in [3.63, 3.8) is 0 Å². The summed E-state index contributed by atoms with van der Waals surface area (Å²) in [6.07, 6.45) is 6.79. The standard InChI is InChI=1S/C26H29NO3S/c1-19(28)30-26(29)13-12-20-14-17-27(18-15-20)16-6-9-21-22-7-2-4-10-24(22)31-25-11-5-3-8-23(21)25/h2-5,7-11,20H,6,12-18H2,1H3. The van der Waals surface area contributed by atoms with Gasteiger partial charge >= 0.3 is 11.9 Å². The normalized spacial score (nSPS) is 16.4. The lowest BCUT2D eigenvalue weighted by Crippen LogP contribution is -2.34. The van der Waals surface area contributed by atoms with Gasteiger partial charge in [-0.2, -0.15) is 0 Å². The fraction of sp³-hybridized carbons (Fsp3) is 0.385. The highest BCUT2D eigenvalue weighted by Crippen LogP contribution is 2.45. The number of nitrogens with zero attached hydrogens (tertiary/aromatic N) is 1. The van der Waals surface area contributed by atoms with Crippen molar-refractivity contribution in [3.8, 4) is 0 Å². The van der Waals surface area contributed by atoms with Crippen molar-refractivity contribution in [2.45, 2.75) is 48.8 Å². The Morgan fingerprint density at radius 1 is 1.03 bits per heavy atom. The molecular weight excluding hydrogens is 406 g/mol. The van der Waals surface area contributed by atoms with Crippen LogP contribution in [0.1, 0.15) is 50.2 Å². The van der Waals surface area contributed by atoms with Crippen LogP contribution in [-0.2, 0) is 14.3 Å². The van der Waals surface area contributed by atoms with Crippen LogP contribution in [0.3, 0.4) is 0 Å². The minimum Gasteiger partial charge on any atom is -0.393 e. The van der Waals surface area contributed by atoms with Gasteiger partial charge in [-0.1, -0.05) is 54.2 Å². The highest BCUT2D eigenvalue weighted by atomic mass is 32.2. The number of hydrogen-bond donors (Lipinski definition) is 0. The molecule has 4 nitrogen and oxygen atoms in total. The van der Waals surface area contributed by atoms with E-state index in [4.69, 9.17) is 0 Å². The quantitative estimate of drug-likeness (QED) is 0.375. The first kappa shape index (κ1) is 21.8. The van der Waals surface area contributed by atoms with E-state index in [1.165, 1.54) is 33.4 Å². The number of likely N-dealkylation sites (tertiary alicyclic amines) is 1. The third kappa shape index (κ3) is 5.66. The summed E-state index contributed by atoms with van der Waals surface area (Å²) in [5.74, 6) is -0.369. The van der Waals surface area contributed by atoms with Crippen molar-refractivity contribution >= 4 is 29.3 Å². The van der Waals surface area contributed by atoms with E-state index in [9.17, 15) is 9.59 Å². The summed E-state index contributed by atoms with van der Waals surface area (Å²) in [4.78, 5) is 27.6. The third-order valence-corrected chi connectivity index (χ3v) is 7.24. The van der Waals surface area contributed by atoms with E-state index < -0.39 is 11.9 Å². The van der Waals surface area contributed by atoms with Gasteiger partial charge in [0.15, 0.2) is 0 Å². The van der Waals surface area contributed by atoms with E-state index in [1.54, 1.807) is 0 Å². The van der Waals surface area contributed by atoms with Crippen molar-refractivity contribution in [2.24, 2.45) is 5.92 Å². The van der Waals surface area contributed by atoms with Gasteiger partial charge in [-0.25, -0.2) is 0 Å². The fourth-order valence-electron chi connectivity index (χ4n) is 4.46. The zero-order chi connectivity index (χ0) is 21.6. The molecule has 1 fully saturated rings. The highest BCUT2D eigenvalue weighted by Gasteiger charge is 2.22. The second-order valence-corrected chi connectivity index (χ2v) is 9.37. The van der Waals surface area contributed by atoms with Crippen molar-refractivity contribution < 1.29 is 14.3 Å². The van der Waals surface area contributed by atoms with Crippen LogP contribution in [0.2, 0.25) is 0 Å². The molecular formula is C26H29NO3S. The van der Waals surface area contributed by atoms with Gasteiger partial charge in [-0.05, 0) is 73.5 Å². The lowest BCUT2D eigenvalue weighted by molar-refractivity contribution is -0.158. The van der Waals surface area contributed by atoms with Gasteiger partial charge in [-0.15, -0.1) is 0 Å². The minimum atomic E-state index is -0.518. The molecule has 5 heteroatoms. The molecule has 0 radical (unpaired) electrons. The number of fused-ring (bicyclic) bond motifs is 2. The maximum Gasteiger partial charge on any atom is 0.313 e. The van der Waals surface area contributed by atoms with Crippen molar-refractivity contribution in [1.82, 2.24) is 4.90 Å². The third-order valence-electron chi connectivity index (χ3n) is 6.09. The molecule has 162 valence electrons. The van der Waals surface area contributed by atoms with E-state index in [2.05, 4.69) is 64.2 Å². The molecule has 0 bridgehead atoms. The SMILES string of the molecule is CC(=O)OC(=O)CCC1CCN(CCC=C2c3ccccc3Sc3ccccc32)CC1. The maximum atomic E-state index is 11.6. The van der Waals surface area contributed by atoms with Crippen molar-refractivity contribution in [3.05, 3.63) is 65.7 Å². The summed E-state index contributed by atoms with van der Waals surface area (Å²) < 4.78 is 4.63. The molecule has 4 rings (SSSR count). The Balaban J connectivity index is 1.30. The first-order chi connectivity index (χ1) is 15.1. The first-order valence-electron chi connectivity index (χ1n) is 11.1. The molecule has 31 heavy (non-hydrogen) atoms. The Kier molecular flexibility index (Phi) is 7.25. The van der Waals surface area contributed by atoms with Crippen molar-refractivity contribution in [2.75, 3.05) is 19.6 Å². The number of carbonyl (C=O) groups is 2. The Bertz CT molecular complexity index is 929. The Hall–Kier alpha value is -2.37. The predicted octanol–water partition coefficient (Wildman–Crippen LogP) is 5.55. The zero-order valence-corrected chi connectivity index (χ0v) is 18.8. The molecule has 2 aromatic carbocycles. The fourth-order valence-corrected chi connectivity index (χ4v) is 5.57. The second-order valence-electron chi connectivity index (χ2n) is 8.29. The molecule has 0 aromatic heterocycles. The summed E-state index contributed by atoms with van der Waals surface area (Å²) >= 11 is 1.85. The van der Waals surface area contributed by atoms with Gasteiger partial charge in [0.05, 0.1) is 0 Å². The topological polar surface area (TPSA) is 46.6 Å². The number of hydrogen-bond acceptors (Lipinski definition) is 5. The summed E-state index contributed by atoms with van der Waals surface area (Å²) in [5.41, 5.74) is 4.02. The molecule has 0 unspecified atom stereocenters. The molecule has 1 saturated heterocycles. The van der Waals surface area contributed by atoms with Gasteiger partial charge in [0, 0.05) is 29.7 Å². The van der Waals surface area contributed by atoms with Crippen LogP contribution < -0.4 is 0 Å². The van der Waals surface area contributed by atoms with Gasteiger partial charge < -0.3 is 9.64 Å². The predicted molar refractivity (Wildman–Crippen MR) is 124 cm³/mol. The largest absolute Gasteiger partial charge is 0.393 e. The van der Waals surface area contributed by atoms with Crippen LogP contribution in [0.15, 0.2) is 64.4 Å².